The van der Waals surface area contributed by atoms with Crippen LogP contribution in [0.5, 0.6) is 5.75 Å². The number of hydrogen-bond donors (Lipinski definition) is 2. The number of para-hydroxylation sites is 1. The quantitative estimate of drug-likeness (QED) is 0.651. The monoisotopic (exact) mass is 307 g/mol. The van der Waals surface area contributed by atoms with Crippen molar-refractivity contribution in [3.05, 3.63) is 29.8 Å². The van der Waals surface area contributed by atoms with Gasteiger partial charge in [-0.1, -0.05) is 25.0 Å². The molecule has 0 atom stereocenters. The van der Waals surface area contributed by atoms with Gasteiger partial charge in [-0.05, 0) is 38.8 Å². The van der Waals surface area contributed by atoms with Crippen LogP contribution in [0.25, 0.3) is 0 Å². The van der Waals surface area contributed by atoms with E-state index in [1.54, 1.807) is 12.1 Å². The van der Waals surface area contributed by atoms with Gasteiger partial charge in [0, 0.05) is 13.0 Å². The van der Waals surface area contributed by atoms with Gasteiger partial charge in [0.1, 0.15) is 5.75 Å². The average molecular weight is 307 g/mol. The van der Waals surface area contributed by atoms with E-state index in [-0.39, 0.29) is 18.4 Å². The molecule has 22 heavy (non-hydrogen) atoms. The lowest BCUT2D eigenvalue weighted by Gasteiger charge is -2.14. The molecule has 1 aromatic carbocycles. The molecule has 0 saturated carbocycles. The predicted octanol–water partition coefficient (Wildman–Crippen LogP) is 3.24. The van der Waals surface area contributed by atoms with Crippen LogP contribution in [0.3, 0.4) is 0 Å². The lowest BCUT2D eigenvalue weighted by atomic mass is 10.1. The third-order valence-corrected chi connectivity index (χ3v) is 3.10. The van der Waals surface area contributed by atoms with Crippen molar-refractivity contribution in [2.24, 2.45) is 0 Å². The number of rotatable bonds is 10. The highest BCUT2D eigenvalue weighted by Gasteiger charge is 2.12. The molecule has 5 nitrogen and oxygen atoms in total. The van der Waals surface area contributed by atoms with E-state index in [4.69, 9.17) is 9.84 Å². The van der Waals surface area contributed by atoms with E-state index in [1.165, 1.54) is 0 Å². The van der Waals surface area contributed by atoms with Crippen molar-refractivity contribution in [1.82, 2.24) is 5.32 Å². The van der Waals surface area contributed by atoms with Gasteiger partial charge < -0.3 is 15.2 Å². The molecule has 1 aromatic rings. The van der Waals surface area contributed by atoms with Crippen LogP contribution in [0.4, 0.5) is 0 Å². The van der Waals surface area contributed by atoms with Crippen LogP contribution in [0, 0.1) is 0 Å². The summed E-state index contributed by atoms with van der Waals surface area (Å²) in [4.78, 5) is 22.5. The molecule has 0 saturated heterocycles. The Balaban J connectivity index is 2.32. The van der Waals surface area contributed by atoms with Gasteiger partial charge in [-0.25, -0.2) is 0 Å². The third kappa shape index (κ3) is 7.11. The number of carbonyl (C=O) groups excluding carboxylic acids is 1. The lowest BCUT2D eigenvalue weighted by molar-refractivity contribution is -0.137. The average Bonchev–Trinajstić information content (AvgIpc) is 2.45. The highest BCUT2D eigenvalue weighted by molar-refractivity contribution is 5.96. The fraction of sp³-hybridized carbons (Fsp3) is 0.529. The van der Waals surface area contributed by atoms with Gasteiger partial charge >= 0.3 is 5.97 Å². The fourth-order valence-corrected chi connectivity index (χ4v) is 2.06. The van der Waals surface area contributed by atoms with E-state index >= 15 is 0 Å². The van der Waals surface area contributed by atoms with Crippen molar-refractivity contribution in [3.8, 4) is 5.75 Å². The molecule has 0 bridgehead atoms. The standard InChI is InChI=1S/C17H25NO4/c1-13(2)22-15-10-7-6-9-14(15)17(21)18-12-8-4-3-5-11-16(19)20/h6-7,9-10,13H,3-5,8,11-12H2,1-2H3,(H,18,21)(H,19,20). The molecule has 0 heterocycles. The Bertz CT molecular complexity index is 485. The maximum absolute atomic E-state index is 12.2. The number of carboxylic acids is 1. The highest BCUT2D eigenvalue weighted by Crippen LogP contribution is 2.19. The van der Waals surface area contributed by atoms with Gasteiger partial charge in [-0.15, -0.1) is 0 Å². The fourth-order valence-electron chi connectivity index (χ4n) is 2.06. The highest BCUT2D eigenvalue weighted by atomic mass is 16.5. The van der Waals surface area contributed by atoms with Crippen molar-refractivity contribution in [2.75, 3.05) is 6.54 Å². The Hall–Kier alpha value is -2.04. The second-order valence-corrected chi connectivity index (χ2v) is 5.48. The number of amides is 1. The third-order valence-electron chi connectivity index (χ3n) is 3.10. The summed E-state index contributed by atoms with van der Waals surface area (Å²) in [7, 11) is 0. The van der Waals surface area contributed by atoms with E-state index in [9.17, 15) is 9.59 Å². The van der Waals surface area contributed by atoms with Crippen LogP contribution >= 0.6 is 0 Å². The summed E-state index contributed by atoms with van der Waals surface area (Å²) in [6, 6.07) is 7.20. The molecule has 0 aliphatic carbocycles. The van der Waals surface area contributed by atoms with Crippen molar-refractivity contribution >= 4 is 11.9 Å². The summed E-state index contributed by atoms with van der Waals surface area (Å²) >= 11 is 0. The van der Waals surface area contributed by atoms with E-state index in [0.29, 0.717) is 24.3 Å². The summed E-state index contributed by atoms with van der Waals surface area (Å²) < 4.78 is 5.63. The molecule has 0 aliphatic heterocycles. The number of nitrogens with one attached hydrogen (secondary N) is 1. The Labute approximate surface area is 131 Å². The van der Waals surface area contributed by atoms with Crippen molar-refractivity contribution in [1.29, 1.82) is 0 Å². The predicted molar refractivity (Wildman–Crippen MR) is 85.3 cm³/mol. The zero-order valence-corrected chi connectivity index (χ0v) is 13.3. The van der Waals surface area contributed by atoms with Gasteiger partial charge in [0.15, 0.2) is 0 Å². The number of carbonyl (C=O) groups is 2. The lowest BCUT2D eigenvalue weighted by Crippen LogP contribution is -2.25. The molecule has 2 N–H and O–H groups in total. The Morgan fingerprint density at radius 1 is 1.14 bits per heavy atom. The summed E-state index contributed by atoms with van der Waals surface area (Å²) in [5.74, 6) is -0.298. The summed E-state index contributed by atoms with van der Waals surface area (Å²) in [6.07, 6.45) is 3.55. The Morgan fingerprint density at radius 3 is 2.50 bits per heavy atom. The van der Waals surface area contributed by atoms with Crippen molar-refractivity contribution in [2.45, 2.75) is 52.1 Å². The summed E-state index contributed by atoms with van der Waals surface area (Å²) in [6.45, 7) is 4.43. The van der Waals surface area contributed by atoms with Crippen LogP contribution in [0.1, 0.15) is 56.3 Å². The van der Waals surface area contributed by atoms with E-state index in [2.05, 4.69) is 5.32 Å². The maximum Gasteiger partial charge on any atom is 0.303 e. The van der Waals surface area contributed by atoms with Crippen molar-refractivity contribution < 1.29 is 19.4 Å². The molecule has 0 spiro atoms. The molecule has 122 valence electrons. The number of aliphatic carboxylic acids is 1. The van der Waals surface area contributed by atoms with Crippen LogP contribution in [-0.2, 0) is 4.79 Å². The molecule has 0 unspecified atom stereocenters. The van der Waals surface area contributed by atoms with Crippen LogP contribution in [0.15, 0.2) is 24.3 Å². The van der Waals surface area contributed by atoms with E-state index in [1.807, 2.05) is 26.0 Å². The summed E-state index contributed by atoms with van der Waals surface area (Å²) in [5.41, 5.74) is 0.544. The maximum atomic E-state index is 12.2. The SMILES string of the molecule is CC(C)Oc1ccccc1C(=O)NCCCCCCC(=O)O. The molecule has 1 rings (SSSR count). The van der Waals surface area contributed by atoms with Crippen LogP contribution in [0.2, 0.25) is 0 Å². The molecular formula is C17H25NO4. The second kappa shape index (κ2) is 9.82. The minimum absolute atomic E-state index is 0.0168. The zero-order chi connectivity index (χ0) is 16.4. The van der Waals surface area contributed by atoms with Crippen LogP contribution in [-0.4, -0.2) is 29.6 Å². The van der Waals surface area contributed by atoms with Gasteiger partial charge in [-0.3, -0.25) is 9.59 Å². The molecule has 5 heteroatoms. The van der Waals surface area contributed by atoms with Gasteiger partial charge in [0.2, 0.25) is 0 Å². The number of ether oxygens (including phenoxy) is 1. The molecule has 0 radical (unpaired) electrons. The normalized spacial score (nSPS) is 10.5. The van der Waals surface area contributed by atoms with Gasteiger partial charge in [0.05, 0.1) is 11.7 Å². The minimum atomic E-state index is -0.755. The number of benzene rings is 1. The Morgan fingerprint density at radius 2 is 1.82 bits per heavy atom. The molecule has 0 aromatic heterocycles. The Kier molecular flexibility index (Phi) is 8.04. The first kappa shape index (κ1) is 18.0. The number of hydrogen-bond acceptors (Lipinski definition) is 3. The molecule has 1 amide bonds. The zero-order valence-electron chi connectivity index (χ0n) is 13.3. The number of carboxylic acid groups (broad SMARTS) is 1. The van der Waals surface area contributed by atoms with Crippen molar-refractivity contribution in [3.63, 3.8) is 0 Å². The second-order valence-electron chi connectivity index (χ2n) is 5.48. The first-order valence-electron chi connectivity index (χ1n) is 7.76. The first-order chi connectivity index (χ1) is 10.5. The topological polar surface area (TPSA) is 75.6 Å². The number of unbranched alkanes of at least 4 members (excludes halogenated alkanes) is 3. The van der Waals surface area contributed by atoms with E-state index < -0.39 is 5.97 Å². The summed E-state index contributed by atoms with van der Waals surface area (Å²) in [5, 5.41) is 11.4. The largest absolute Gasteiger partial charge is 0.490 e. The smallest absolute Gasteiger partial charge is 0.303 e. The molecule has 0 fully saturated rings. The molecular weight excluding hydrogens is 282 g/mol. The minimum Gasteiger partial charge on any atom is -0.490 e. The van der Waals surface area contributed by atoms with Gasteiger partial charge in [0.25, 0.3) is 5.91 Å². The van der Waals surface area contributed by atoms with Gasteiger partial charge in [-0.2, -0.15) is 0 Å². The first-order valence-corrected chi connectivity index (χ1v) is 7.76. The molecule has 0 aliphatic rings. The van der Waals surface area contributed by atoms with Crippen LogP contribution < -0.4 is 10.1 Å². The van der Waals surface area contributed by atoms with E-state index in [0.717, 1.165) is 19.3 Å².